The Morgan fingerprint density at radius 2 is 1.76 bits per heavy atom. The summed E-state index contributed by atoms with van der Waals surface area (Å²) in [4.78, 5) is 22.3. The van der Waals surface area contributed by atoms with Crippen molar-refractivity contribution < 1.29 is 9.72 Å². The first-order chi connectivity index (χ1) is 11.9. The molecule has 0 saturated heterocycles. The second-order valence-corrected chi connectivity index (χ2v) is 5.75. The first-order valence-corrected chi connectivity index (χ1v) is 7.68. The predicted molar refractivity (Wildman–Crippen MR) is 95.8 cm³/mol. The number of nitrogens with zero attached hydrogens (tertiary/aromatic N) is 2. The van der Waals surface area contributed by atoms with Crippen LogP contribution in [0.4, 0.5) is 11.4 Å². The molecule has 0 saturated carbocycles. The number of carbonyl (C=O) groups is 1. The fourth-order valence-corrected chi connectivity index (χ4v) is 2.16. The number of nitrogens with one attached hydrogen (secondary N) is 1. The van der Waals surface area contributed by atoms with E-state index < -0.39 is 10.8 Å². The van der Waals surface area contributed by atoms with E-state index in [1.54, 1.807) is 0 Å². The van der Waals surface area contributed by atoms with Crippen molar-refractivity contribution in [1.82, 2.24) is 0 Å². The van der Waals surface area contributed by atoms with Crippen molar-refractivity contribution in [2.45, 2.75) is 19.8 Å². The van der Waals surface area contributed by atoms with Crippen LogP contribution in [0.3, 0.4) is 0 Å². The van der Waals surface area contributed by atoms with Crippen molar-refractivity contribution in [3.8, 4) is 6.07 Å². The zero-order valence-electron chi connectivity index (χ0n) is 13.9. The highest BCUT2D eigenvalue weighted by Crippen LogP contribution is 2.18. The van der Waals surface area contributed by atoms with Gasteiger partial charge in [-0.05, 0) is 35.3 Å². The van der Waals surface area contributed by atoms with Gasteiger partial charge in [0.15, 0.2) is 0 Å². The van der Waals surface area contributed by atoms with Crippen LogP contribution in [-0.4, -0.2) is 10.8 Å². The van der Waals surface area contributed by atoms with Gasteiger partial charge < -0.3 is 5.32 Å². The van der Waals surface area contributed by atoms with Gasteiger partial charge in [0.25, 0.3) is 11.6 Å². The fourth-order valence-electron chi connectivity index (χ4n) is 2.16. The molecule has 1 N–H and O–H groups in total. The first-order valence-electron chi connectivity index (χ1n) is 7.68. The Labute approximate surface area is 145 Å². The lowest BCUT2D eigenvalue weighted by Gasteiger charge is -2.06. The van der Waals surface area contributed by atoms with Crippen molar-refractivity contribution in [2.75, 3.05) is 5.32 Å². The highest BCUT2D eigenvalue weighted by Gasteiger charge is 2.11. The van der Waals surface area contributed by atoms with Gasteiger partial charge in [-0.3, -0.25) is 14.9 Å². The second-order valence-electron chi connectivity index (χ2n) is 5.75. The number of nitro groups is 1. The fraction of sp³-hybridized carbons (Fsp3) is 0.158. The first kappa shape index (κ1) is 17.9. The summed E-state index contributed by atoms with van der Waals surface area (Å²) in [6.45, 7) is 4.17. The number of nitro benzene ring substituents is 1. The quantitative estimate of drug-likeness (QED) is 0.382. The monoisotopic (exact) mass is 335 g/mol. The van der Waals surface area contributed by atoms with Gasteiger partial charge in [0.1, 0.15) is 11.6 Å². The smallest absolute Gasteiger partial charge is 0.269 e. The van der Waals surface area contributed by atoms with Crippen LogP contribution in [0.1, 0.15) is 30.9 Å². The van der Waals surface area contributed by atoms with Crippen LogP contribution in [0, 0.1) is 21.4 Å². The molecule has 6 nitrogen and oxygen atoms in total. The standard InChI is InChI=1S/C19H17N3O3/c1-13(2)15-5-3-14(4-6-15)11-16(12-20)19(23)21-17-7-9-18(10-8-17)22(24)25/h3-11,13H,1-2H3,(H,21,23). The van der Waals surface area contributed by atoms with E-state index in [0.29, 0.717) is 11.6 Å². The number of amides is 1. The minimum atomic E-state index is -0.565. The topological polar surface area (TPSA) is 96.0 Å². The molecule has 1 amide bonds. The summed E-state index contributed by atoms with van der Waals surface area (Å²) >= 11 is 0. The van der Waals surface area contributed by atoms with Gasteiger partial charge in [0.05, 0.1) is 4.92 Å². The van der Waals surface area contributed by atoms with E-state index >= 15 is 0 Å². The molecule has 0 atom stereocenters. The van der Waals surface area contributed by atoms with E-state index in [1.165, 1.54) is 35.9 Å². The van der Waals surface area contributed by atoms with Gasteiger partial charge >= 0.3 is 0 Å². The molecule has 0 fully saturated rings. The third-order valence-electron chi connectivity index (χ3n) is 3.62. The molecule has 0 aromatic heterocycles. The van der Waals surface area contributed by atoms with Crippen LogP contribution in [0.15, 0.2) is 54.1 Å². The minimum Gasteiger partial charge on any atom is -0.321 e. The molecule has 25 heavy (non-hydrogen) atoms. The van der Waals surface area contributed by atoms with E-state index in [9.17, 15) is 20.2 Å². The molecular formula is C19H17N3O3. The van der Waals surface area contributed by atoms with Crippen LogP contribution in [0.25, 0.3) is 6.08 Å². The van der Waals surface area contributed by atoms with Gasteiger partial charge in [-0.2, -0.15) is 5.26 Å². The Bertz CT molecular complexity index is 845. The Morgan fingerprint density at radius 1 is 1.16 bits per heavy atom. The van der Waals surface area contributed by atoms with E-state index in [4.69, 9.17) is 0 Å². The highest BCUT2D eigenvalue weighted by molar-refractivity contribution is 6.09. The molecule has 0 unspecified atom stereocenters. The SMILES string of the molecule is CC(C)c1ccc(C=C(C#N)C(=O)Nc2ccc([N+](=O)[O-])cc2)cc1. The molecule has 0 aliphatic rings. The lowest BCUT2D eigenvalue weighted by molar-refractivity contribution is -0.384. The van der Waals surface area contributed by atoms with E-state index in [-0.39, 0.29) is 11.3 Å². The average Bonchev–Trinajstić information content (AvgIpc) is 2.60. The van der Waals surface area contributed by atoms with Crippen LogP contribution >= 0.6 is 0 Å². The summed E-state index contributed by atoms with van der Waals surface area (Å²) in [5, 5.41) is 22.4. The van der Waals surface area contributed by atoms with Crippen LogP contribution in [0.2, 0.25) is 0 Å². The summed E-state index contributed by atoms with van der Waals surface area (Å²) in [5.41, 5.74) is 2.19. The molecule has 2 aromatic carbocycles. The number of nitriles is 1. The average molecular weight is 335 g/mol. The molecular weight excluding hydrogens is 318 g/mol. The molecule has 0 bridgehead atoms. The number of non-ortho nitro benzene ring substituents is 1. The summed E-state index contributed by atoms with van der Waals surface area (Å²) in [5.74, 6) is -0.164. The lowest BCUT2D eigenvalue weighted by Crippen LogP contribution is -2.13. The maximum atomic E-state index is 12.2. The maximum absolute atomic E-state index is 12.2. The molecule has 0 spiro atoms. The number of hydrogen-bond acceptors (Lipinski definition) is 4. The number of benzene rings is 2. The number of hydrogen-bond donors (Lipinski definition) is 1. The predicted octanol–water partition coefficient (Wildman–Crippen LogP) is 4.26. The van der Waals surface area contributed by atoms with E-state index in [1.807, 2.05) is 30.3 Å². The molecule has 0 radical (unpaired) electrons. The van der Waals surface area contributed by atoms with Gasteiger partial charge in [-0.1, -0.05) is 38.1 Å². The van der Waals surface area contributed by atoms with Gasteiger partial charge in [0, 0.05) is 17.8 Å². The van der Waals surface area contributed by atoms with Crippen molar-refractivity contribution in [3.05, 3.63) is 75.3 Å². The van der Waals surface area contributed by atoms with E-state index in [2.05, 4.69) is 19.2 Å². The number of anilines is 1. The molecule has 2 rings (SSSR count). The Kier molecular flexibility index (Phi) is 5.64. The lowest BCUT2D eigenvalue weighted by atomic mass is 10.0. The normalized spacial score (nSPS) is 11.0. The van der Waals surface area contributed by atoms with Crippen molar-refractivity contribution in [2.24, 2.45) is 0 Å². The molecule has 2 aromatic rings. The second kappa shape index (κ2) is 7.88. The maximum Gasteiger partial charge on any atom is 0.269 e. The van der Waals surface area contributed by atoms with Crippen LogP contribution < -0.4 is 5.32 Å². The summed E-state index contributed by atoms with van der Waals surface area (Å²) < 4.78 is 0. The third kappa shape index (κ3) is 4.75. The minimum absolute atomic E-state index is 0.0457. The summed E-state index contributed by atoms with van der Waals surface area (Å²) in [6, 6.07) is 14.9. The molecule has 0 aliphatic heterocycles. The number of rotatable bonds is 5. The molecule has 0 heterocycles. The Morgan fingerprint density at radius 3 is 2.24 bits per heavy atom. The van der Waals surface area contributed by atoms with E-state index in [0.717, 1.165) is 5.56 Å². The zero-order chi connectivity index (χ0) is 18.4. The zero-order valence-corrected chi connectivity index (χ0v) is 13.9. The molecule has 0 aliphatic carbocycles. The van der Waals surface area contributed by atoms with Crippen molar-refractivity contribution >= 4 is 23.4 Å². The van der Waals surface area contributed by atoms with Crippen molar-refractivity contribution in [1.29, 1.82) is 5.26 Å². The van der Waals surface area contributed by atoms with Crippen LogP contribution in [0.5, 0.6) is 0 Å². The Hall–Kier alpha value is -3.46. The molecule has 6 heteroatoms. The summed E-state index contributed by atoms with van der Waals surface area (Å²) in [6.07, 6.45) is 1.50. The van der Waals surface area contributed by atoms with Gasteiger partial charge in [-0.15, -0.1) is 0 Å². The third-order valence-corrected chi connectivity index (χ3v) is 3.62. The van der Waals surface area contributed by atoms with Crippen molar-refractivity contribution in [3.63, 3.8) is 0 Å². The Balaban J connectivity index is 2.14. The van der Waals surface area contributed by atoms with Gasteiger partial charge in [-0.25, -0.2) is 0 Å². The van der Waals surface area contributed by atoms with Gasteiger partial charge in [0.2, 0.25) is 0 Å². The number of carbonyl (C=O) groups excluding carboxylic acids is 1. The largest absolute Gasteiger partial charge is 0.321 e. The highest BCUT2D eigenvalue weighted by atomic mass is 16.6. The van der Waals surface area contributed by atoms with Crippen LogP contribution in [-0.2, 0) is 4.79 Å². The molecule has 126 valence electrons. The summed E-state index contributed by atoms with van der Waals surface area (Å²) in [7, 11) is 0.